The van der Waals surface area contributed by atoms with Crippen LogP contribution in [0.5, 0.6) is 0 Å². The van der Waals surface area contributed by atoms with E-state index in [1.807, 2.05) is 48.2 Å². The Morgan fingerprint density at radius 3 is 2.50 bits per heavy atom. The molecule has 3 heterocycles. The quantitative estimate of drug-likeness (QED) is 0.701. The average molecular weight is 450 g/mol. The summed E-state index contributed by atoms with van der Waals surface area (Å²) in [5.74, 6) is -2.00. The largest absolute Gasteiger partial charge is 0.351 e. The van der Waals surface area contributed by atoms with Crippen LogP contribution in [0.15, 0.2) is 54.6 Å². The minimum absolute atomic E-state index is 0.172. The van der Waals surface area contributed by atoms with Crippen LogP contribution in [0.1, 0.15) is 25.3 Å². The van der Waals surface area contributed by atoms with Crippen molar-refractivity contribution in [2.45, 2.75) is 31.8 Å². The molecule has 3 aliphatic heterocycles. The maximum absolute atomic E-state index is 13.6. The minimum Gasteiger partial charge on any atom is -0.351 e. The van der Waals surface area contributed by atoms with Crippen LogP contribution in [-0.4, -0.2) is 41.2 Å². The minimum atomic E-state index is -0.783. The van der Waals surface area contributed by atoms with Gasteiger partial charge in [-0.1, -0.05) is 55.3 Å². The lowest BCUT2D eigenvalue weighted by molar-refractivity contribution is -0.141. The second kappa shape index (κ2) is 8.10. The number of unbranched alkanes of at least 4 members (excludes halogenated alkanes) is 1. The van der Waals surface area contributed by atoms with Gasteiger partial charge in [0, 0.05) is 22.9 Å². The second-order valence-electron chi connectivity index (χ2n) is 8.49. The maximum atomic E-state index is 13.6. The van der Waals surface area contributed by atoms with Crippen molar-refractivity contribution in [3.05, 3.63) is 65.2 Å². The van der Waals surface area contributed by atoms with E-state index in [2.05, 4.69) is 5.32 Å². The van der Waals surface area contributed by atoms with Gasteiger partial charge in [0.15, 0.2) is 0 Å². The van der Waals surface area contributed by atoms with Crippen LogP contribution < -0.4 is 10.2 Å². The zero-order valence-electron chi connectivity index (χ0n) is 17.7. The van der Waals surface area contributed by atoms with E-state index >= 15 is 0 Å². The Kier molecular flexibility index (Phi) is 5.25. The number of halogens is 1. The lowest BCUT2D eigenvalue weighted by Gasteiger charge is -2.36. The molecular weight excluding hydrogens is 426 g/mol. The predicted octanol–water partition coefficient (Wildman–Crippen LogP) is 3.96. The number of nitrogens with one attached hydrogen (secondary N) is 1. The molecule has 0 bridgehead atoms. The van der Waals surface area contributed by atoms with E-state index < -0.39 is 17.9 Å². The summed E-state index contributed by atoms with van der Waals surface area (Å²) in [6.45, 7) is 2.43. The Morgan fingerprint density at radius 1 is 1.03 bits per heavy atom. The smallest absolute Gasteiger partial charge is 0.247 e. The standard InChI is InChI=1S/C25H24ClN3O3/c1-2-3-14-28-24(31)20-19-13-8-15-6-4-5-7-18(15)29(19)22(21(20)25(28)32)23(30)27-17-11-9-16(26)10-12-17/h4-13,19-22H,2-3,14H2,1H3,(H,27,30)/t19-,20-,21+,22-/m1/s1. The lowest BCUT2D eigenvalue weighted by Crippen LogP contribution is -2.50. The molecule has 6 nitrogen and oxygen atoms in total. The van der Waals surface area contributed by atoms with Crippen molar-refractivity contribution >= 4 is 46.8 Å². The van der Waals surface area contributed by atoms with Crippen molar-refractivity contribution in [1.82, 2.24) is 4.90 Å². The third kappa shape index (κ3) is 3.21. The van der Waals surface area contributed by atoms with Gasteiger partial charge >= 0.3 is 0 Å². The lowest BCUT2D eigenvalue weighted by atomic mass is 9.88. The van der Waals surface area contributed by atoms with Gasteiger partial charge in [0.2, 0.25) is 17.7 Å². The first-order valence-corrected chi connectivity index (χ1v) is 11.4. The summed E-state index contributed by atoms with van der Waals surface area (Å²) in [6, 6.07) is 13.5. The van der Waals surface area contributed by atoms with Crippen molar-refractivity contribution in [2.24, 2.45) is 11.8 Å². The zero-order chi connectivity index (χ0) is 22.4. The summed E-state index contributed by atoms with van der Waals surface area (Å²) in [7, 11) is 0. The molecule has 0 radical (unpaired) electrons. The van der Waals surface area contributed by atoms with Crippen LogP contribution in [0.3, 0.4) is 0 Å². The third-order valence-corrected chi connectivity index (χ3v) is 6.87. The number of hydrogen-bond acceptors (Lipinski definition) is 4. The summed E-state index contributed by atoms with van der Waals surface area (Å²) >= 11 is 5.97. The van der Waals surface area contributed by atoms with Gasteiger partial charge in [-0.2, -0.15) is 0 Å². The normalized spacial score (nSPS) is 25.6. The molecule has 2 saturated heterocycles. The molecule has 3 amide bonds. The first kappa shape index (κ1) is 20.8. The highest BCUT2D eigenvalue weighted by atomic mass is 35.5. The highest BCUT2D eigenvalue weighted by Gasteiger charge is 2.63. The van der Waals surface area contributed by atoms with Crippen LogP contribution in [0.2, 0.25) is 5.02 Å². The molecule has 1 N–H and O–H groups in total. The van der Waals surface area contributed by atoms with E-state index in [0.717, 1.165) is 24.1 Å². The van der Waals surface area contributed by atoms with E-state index in [4.69, 9.17) is 11.6 Å². The van der Waals surface area contributed by atoms with E-state index in [1.165, 1.54) is 4.90 Å². The first-order valence-electron chi connectivity index (χ1n) is 11.0. The summed E-state index contributed by atoms with van der Waals surface area (Å²) in [6.07, 6.45) is 5.59. The molecule has 3 aliphatic rings. The van der Waals surface area contributed by atoms with Crippen molar-refractivity contribution in [2.75, 3.05) is 16.8 Å². The summed E-state index contributed by atoms with van der Waals surface area (Å²) < 4.78 is 0. The van der Waals surface area contributed by atoms with Crippen molar-refractivity contribution in [3.8, 4) is 0 Å². The molecule has 0 spiro atoms. The zero-order valence-corrected chi connectivity index (χ0v) is 18.5. The van der Waals surface area contributed by atoms with Crippen molar-refractivity contribution in [3.63, 3.8) is 0 Å². The van der Waals surface area contributed by atoms with E-state index in [0.29, 0.717) is 17.3 Å². The number of amides is 3. The molecule has 2 aromatic rings. The molecule has 32 heavy (non-hydrogen) atoms. The van der Waals surface area contributed by atoms with Crippen LogP contribution >= 0.6 is 11.6 Å². The Morgan fingerprint density at radius 2 is 1.75 bits per heavy atom. The predicted molar refractivity (Wildman–Crippen MR) is 124 cm³/mol. The van der Waals surface area contributed by atoms with Gasteiger partial charge in [-0.15, -0.1) is 0 Å². The van der Waals surface area contributed by atoms with Gasteiger partial charge in [0.05, 0.1) is 17.9 Å². The molecule has 2 fully saturated rings. The van der Waals surface area contributed by atoms with Crippen LogP contribution in [0.25, 0.3) is 6.08 Å². The maximum Gasteiger partial charge on any atom is 0.247 e. The van der Waals surface area contributed by atoms with Gasteiger partial charge in [-0.05, 0) is 42.3 Å². The number of para-hydroxylation sites is 1. The Balaban J connectivity index is 1.55. The molecule has 0 aromatic heterocycles. The number of anilines is 2. The average Bonchev–Trinajstić information content (AvgIpc) is 3.27. The molecule has 0 aliphatic carbocycles. The molecular formula is C25H24ClN3O3. The Bertz CT molecular complexity index is 1110. The first-order chi connectivity index (χ1) is 15.5. The van der Waals surface area contributed by atoms with Crippen LogP contribution in [0.4, 0.5) is 11.4 Å². The molecule has 2 aromatic carbocycles. The Hall–Kier alpha value is -3.12. The van der Waals surface area contributed by atoms with Gasteiger partial charge in [0.25, 0.3) is 0 Å². The molecule has 4 atom stereocenters. The second-order valence-corrected chi connectivity index (χ2v) is 8.93. The van der Waals surface area contributed by atoms with E-state index in [-0.39, 0.29) is 23.8 Å². The van der Waals surface area contributed by atoms with E-state index in [1.54, 1.807) is 24.3 Å². The number of fused-ring (bicyclic) bond motifs is 5. The summed E-state index contributed by atoms with van der Waals surface area (Å²) in [4.78, 5) is 43.7. The highest BCUT2D eigenvalue weighted by Crippen LogP contribution is 2.48. The van der Waals surface area contributed by atoms with Crippen LogP contribution in [0, 0.1) is 11.8 Å². The number of imide groups is 1. The summed E-state index contributed by atoms with van der Waals surface area (Å²) in [5.41, 5.74) is 2.43. The number of likely N-dealkylation sites (tertiary alicyclic amines) is 1. The number of carbonyl (C=O) groups is 3. The number of benzene rings is 2. The monoisotopic (exact) mass is 449 g/mol. The van der Waals surface area contributed by atoms with Crippen molar-refractivity contribution in [1.29, 1.82) is 0 Å². The van der Waals surface area contributed by atoms with Gasteiger partial charge in [0.1, 0.15) is 6.04 Å². The highest BCUT2D eigenvalue weighted by molar-refractivity contribution is 6.30. The van der Waals surface area contributed by atoms with Gasteiger partial charge in [-0.25, -0.2) is 0 Å². The fraction of sp³-hybridized carbons (Fsp3) is 0.320. The van der Waals surface area contributed by atoms with Gasteiger partial charge < -0.3 is 10.2 Å². The number of rotatable bonds is 5. The van der Waals surface area contributed by atoms with E-state index in [9.17, 15) is 14.4 Å². The number of carbonyl (C=O) groups excluding carboxylic acids is 3. The topological polar surface area (TPSA) is 69.7 Å². The summed E-state index contributed by atoms with van der Waals surface area (Å²) in [5, 5.41) is 3.51. The fourth-order valence-corrected chi connectivity index (χ4v) is 5.29. The molecule has 7 heteroatoms. The molecule has 164 valence electrons. The number of hydrogen-bond donors (Lipinski definition) is 1. The SMILES string of the molecule is CCCCN1C(=O)[C@H]2[C@H](C1=O)[C@H](C(=O)Nc1ccc(Cl)cc1)N1c3ccccc3C=C[C@H]21. The van der Waals surface area contributed by atoms with Crippen molar-refractivity contribution < 1.29 is 14.4 Å². The molecule has 0 unspecified atom stereocenters. The molecule has 0 saturated carbocycles. The number of nitrogens with zero attached hydrogens (tertiary/aromatic N) is 2. The fourth-order valence-electron chi connectivity index (χ4n) is 5.16. The van der Waals surface area contributed by atoms with Gasteiger partial charge in [-0.3, -0.25) is 19.3 Å². The Labute approximate surface area is 191 Å². The molecule has 5 rings (SSSR count). The third-order valence-electron chi connectivity index (χ3n) is 6.62. The van der Waals surface area contributed by atoms with Crippen LogP contribution in [-0.2, 0) is 14.4 Å².